The van der Waals surface area contributed by atoms with Gasteiger partial charge in [-0.15, -0.1) is 0 Å². The van der Waals surface area contributed by atoms with Crippen LogP contribution in [0, 0.1) is 0 Å². The Hall–Kier alpha value is -1.95. The Morgan fingerprint density at radius 1 is 1.23 bits per heavy atom. The quantitative estimate of drug-likeness (QED) is 0.790. The molecule has 6 heteroatoms. The van der Waals surface area contributed by atoms with Crippen LogP contribution in [-0.4, -0.2) is 46.4 Å². The van der Waals surface area contributed by atoms with Gasteiger partial charge in [0.25, 0.3) is 0 Å². The molecule has 1 saturated heterocycles. The van der Waals surface area contributed by atoms with Gasteiger partial charge in [-0.25, -0.2) is 0 Å². The molecule has 1 aliphatic rings. The second-order valence-corrected chi connectivity index (χ2v) is 5.20. The Labute approximate surface area is 131 Å². The number of hydrogen-bond donors (Lipinski definition) is 2. The zero-order valence-corrected chi connectivity index (χ0v) is 13.4. The first-order valence-corrected chi connectivity index (χ1v) is 7.49. The van der Waals surface area contributed by atoms with Crippen molar-refractivity contribution in [2.75, 3.05) is 34.4 Å². The molecule has 22 heavy (non-hydrogen) atoms. The number of amides is 1. The summed E-state index contributed by atoms with van der Waals surface area (Å²) in [6.45, 7) is 1.45. The predicted octanol–water partition coefficient (Wildman–Crippen LogP) is 1.12. The molecule has 1 heterocycles. The monoisotopic (exact) mass is 308 g/mol. The van der Waals surface area contributed by atoms with E-state index >= 15 is 0 Å². The van der Waals surface area contributed by atoms with Gasteiger partial charge in [-0.2, -0.15) is 0 Å². The van der Waals surface area contributed by atoms with Gasteiger partial charge < -0.3 is 24.8 Å². The molecule has 122 valence electrons. The Bertz CT molecular complexity index is 488. The maximum atomic E-state index is 12.0. The van der Waals surface area contributed by atoms with Crippen molar-refractivity contribution in [2.45, 2.75) is 25.3 Å². The zero-order valence-electron chi connectivity index (χ0n) is 13.4. The van der Waals surface area contributed by atoms with Crippen molar-refractivity contribution < 1.29 is 19.0 Å². The molecule has 1 amide bonds. The van der Waals surface area contributed by atoms with Crippen LogP contribution in [0.2, 0.25) is 0 Å². The predicted molar refractivity (Wildman–Crippen MR) is 83.8 cm³/mol. The number of ether oxygens (including phenoxy) is 3. The first-order chi connectivity index (χ1) is 10.7. The second kappa shape index (κ2) is 7.89. The van der Waals surface area contributed by atoms with Gasteiger partial charge in [0.2, 0.25) is 5.91 Å². The van der Waals surface area contributed by atoms with Crippen LogP contribution in [0.4, 0.5) is 0 Å². The molecule has 1 atom stereocenters. The molecule has 0 spiro atoms. The maximum Gasteiger partial charge on any atom is 0.237 e. The van der Waals surface area contributed by atoms with E-state index in [1.165, 1.54) is 0 Å². The Balaban J connectivity index is 2.00. The van der Waals surface area contributed by atoms with Crippen LogP contribution in [0.1, 0.15) is 18.4 Å². The van der Waals surface area contributed by atoms with E-state index < -0.39 is 0 Å². The molecule has 2 N–H and O–H groups in total. The van der Waals surface area contributed by atoms with Gasteiger partial charge >= 0.3 is 0 Å². The Morgan fingerprint density at radius 2 is 1.91 bits per heavy atom. The maximum absolute atomic E-state index is 12.0. The smallest absolute Gasteiger partial charge is 0.237 e. The number of methoxy groups -OCH3 is 3. The highest BCUT2D eigenvalue weighted by molar-refractivity contribution is 5.82. The van der Waals surface area contributed by atoms with Crippen molar-refractivity contribution in [1.82, 2.24) is 10.6 Å². The average molecular weight is 308 g/mol. The lowest BCUT2D eigenvalue weighted by Crippen LogP contribution is -2.41. The lowest BCUT2D eigenvalue weighted by molar-refractivity contribution is -0.122. The van der Waals surface area contributed by atoms with Crippen LogP contribution in [0.5, 0.6) is 17.2 Å². The van der Waals surface area contributed by atoms with Crippen molar-refractivity contribution in [2.24, 2.45) is 0 Å². The van der Waals surface area contributed by atoms with E-state index in [-0.39, 0.29) is 11.9 Å². The van der Waals surface area contributed by atoms with E-state index in [0.717, 1.165) is 24.9 Å². The summed E-state index contributed by atoms with van der Waals surface area (Å²) >= 11 is 0. The molecule has 6 nitrogen and oxygen atoms in total. The topological polar surface area (TPSA) is 68.8 Å². The van der Waals surface area contributed by atoms with Crippen molar-refractivity contribution in [3.63, 3.8) is 0 Å². The summed E-state index contributed by atoms with van der Waals surface area (Å²) < 4.78 is 16.0. The van der Waals surface area contributed by atoms with Crippen LogP contribution >= 0.6 is 0 Å². The van der Waals surface area contributed by atoms with E-state index in [0.29, 0.717) is 30.2 Å². The molecule has 1 aromatic rings. The number of carbonyl (C=O) groups excluding carboxylic acids is 1. The van der Waals surface area contributed by atoms with Crippen LogP contribution in [-0.2, 0) is 11.2 Å². The van der Waals surface area contributed by atoms with Gasteiger partial charge in [0.1, 0.15) is 17.2 Å². The summed E-state index contributed by atoms with van der Waals surface area (Å²) in [5.41, 5.74) is 0.922. The summed E-state index contributed by atoms with van der Waals surface area (Å²) in [6.07, 6.45) is 2.59. The van der Waals surface area contributed by atoms with Gasteiger partial charge in [0.15, 0.2) is 0 Å². The number of rotatable bonds is 7. The van der Waals surface area contributed by atoms with Gasteiger partial charge in [-0.3, -0.25) is 4.79 Å². The van der Waals surface area contributed by atoms with Gasteiger partial charge in [0, 0.05) is 24.2 Å². The third-order valence-electron chi connectivity index (χ3n) is 3.87. The van der Waals surface area contributed by atoms with E-state index in [9.17, 15) is 4.79 Å². The molecule has 0 aromatic heterocycles. The molecule has 1 aromatic carbocycles. The van der Waals surface area contributed by atoms with Crippen LogP contribution in [0.25, 0.3) is 0 Å². The highest BCUT2D eigenvalue weighted by Gasteiger charge is 2.21. The zero-order chi connectivity index (χ0) is 15.9. The Kier molecular flexibility index (Phi) is 5.89. The third kappa shape index (κ3) is 3.82. The molecule has 0 bridgehead atoms. The highest BCUT2D eigenvalue weighted by atomic mass is 16.5. The van der Waals surface area contributed by atoms with E-state index in [1.807, 2.05) is 12.1 Å². The molecule has 0 aliphatic carbocycles. The van der Waals surface area contributed by atoms with Gasteiger partial charge in [0.05, 0.1) is 27.4 Å². The first-order valence-electron chi connectivity index (χ1n) is 7.49. The Morgan fingerprint density at radius 3 is 2.41 bits per heavy atom. The van der Waals surface area contributed by atoms with Crippen molar-refractivity contribution in [3.05, 3.63) is 17.7 Å². The summed E-state index contributed by atoms with van der Waals surface area (Å²) in [7, 11) is 4.82. The molecular formula is C16H24N2O4. The fourth-order valence-electron chi connectivity index (χ4n) is 2.67. The molecular weight excluding hydrogens is 284 g/mol. The minimum absolute atomic E-state index is 0.0559. The van der Waals surface area contributed by atoms with Crippen molar-refractivity contribution >= 4 is 5.91 Å². The summed E-state index contributed by atoms with van der Waals surface area (Å²) in [5, 5.41) is 6.15. The fourth-order valence-corrected chi connectivity index (χ4v) is 2.67. The third-order valence-corrected chi connectivity index (χ3v) is 3.87. The molecule has 1 unspecified atom stereocenters. The molecule has 0 saturated carbocycles. The SMILES string of the molecule is COc1cc(OC)c(CCNC(=O)C2CCCN2)c(OC)c1. The van der Waals surface area contributed by atoms with Crippen LogP contribution in [0.15, 0.2) is 12.1 Å². The van der Waals surface area contributed by atoms with E-state index in [2.05, 4.69) is 10.6 Å². The number of benzene rings is 1. The van der Waals surface area contributed by atoms with Gasteiger partial charge in [-0.05, 0) is 25.8 Å². The highest BCUT2D eigenvalue weighted by Crippen LogP contribution is 2.34. The standard InChI is InChI=1S/C16H24N2O4/c1-20-11-9-14(21-2)12(15(10-11)22-3)6-8-18-16(19)13-5-4-7-17-13/h9-10,13,17H,4-8H2,1-3H3,(H,18,19). The number of hydrogen-bond acceptors (Lipinski definition) is 5. The van der Waals surface area contributed by atoms with Crippen molar-refractivity contribution in [1.29, 1.82) is 0 Å². The van der Waals surface area contributed by atoms with Crippen LogP contribution in [0.3, 0.4) is 0 Å². The average Bonchev–Trinajstić information content (AvgIpc) is 3.09. The summed E-state index contributed by atoms with van der Waals surface area (Å²) in [4.78, 5) is 12.0. The molecule has 2 rings (SSSR count). The lowest BCUT2D eigenvalue weighted by atomic mass is 10.1. The fraction of sp³-hybridized carbons (Fsp3) is 0.562. The second-order valence-electron chi connectivity index (χ2n) is 5.20. The minimum Gasteiger partial charge on any atom is -0.496 e. The molecule has 0 radical (unpaired) electrons. The van der Waals surface area contributed by atoms with E-state index in [4.69, 9.17) is 14.2 Å². The summed E-state index contributed by atoms with van der Waals surface area (Å²) in [6, 6.07) is 3.58. The normalized spacial score (nSPS) is 17.1. The van der Waals surface area contributed by atoms with E-state index in [1.54, 1.807) is 21.3 Å². The summed E-state index contributed by atoms with van der Waals surface area (Å²) in [5.74, 6) is 2.13. The van der Waals surface area contributed by atoms with Crippen LogP contribution < -0.4 is 24.8 Å². The molecule has 1 aliphatic heterocycles. The minimum atomic E-state index is -0.0559. The first kappa shape index (κ1) is 16.4. The number of carbonyl (C=O) groups is 1. The lowest BCUT2D eigenvalue weighted by Gasteiger charge is -2.16. The molecule has 1 fully saturated rings. The van der Waals surface area contributed by atoms with Crippen molar-refractivity contribution in [3.8, 4) is 17.2 Å². The largest absolute Gasteiger partial charge is 0.496 e. The van der Waals surface area contributed by atoms with Gasteiger partial charge in [-0.1, -0.05) is 0 Å². The number of nitrogens with one attached hydrogen (secondary N) is 2.